The van der Waals surface area contributed by atoms with Gasteiger partial charge in [-0.25, -0.2) is 4.98 Å². The molecule has 0 aliphatic heterocycles. The fourth-order valence-corrected chi connectivity index (χ4v) is 2.69. The molecular formula is C13H11BrCl2N2O. The highest BCUT2D eigenvalue weighted by Crippen LogP contribution is 2.34. The molecule has 19 heavy (non-hydrogen) atoms. The van der Waals surface area contributed by atoms with Gasteiger partial charge < -0.3 is 10.5 Å². The van der Waals surface area contributed by atoms with Gasteiger partial charge in [0.2, 0.25) is 0 Å². The molecule has 1 aromatic carbocycles. The second-order valence-corrected chi connectivity index (χ2v) is 5.66. The molecule has 1 atom stereocenters. The number of benzene rings is 1. The molecule has 0 saturated carbocycles. The number of hydrogen-bond acceptors (Lipinski definition) is 3. The first-order chi connectivity index (χ1) is 8.99. The Hall–Kier alpha value is -0.970. The van der Waals surface area contributed by atoms with Crippen LogP contribution in [-0.2, 0) is 0 Å². The Bertz CT molecular complexity index is 587. The van der Waals surface area contributed by atoms with Crippen molar-refractivity contribution in [2.45, 2.75) is 13.0 Å². The van der Waals surface area contributed by atoms with Gasteiger partial charge in [0.1, 0.15) is 6.10 Å². The van der Waals surface area contributed by atoms with Gasteiger partial charge in [0.15, 0.2) is 11.6 Å². The highest BCUT2D eigenvalue weighted by Gasteiger charge is 2.16. The van der Waals surface area contributed by atoms with E-state index in [1.165, 1.54) is 0 Å². The van der Waals surface area contributed by atoms with E-state index in [4.69, 9.17) is 33.7 Å². The highest BCUT2D eigenvalue weighted by atomic mass is 79.9. The summed E-state index contributed by atoms with van der Waals surface area (Å²) in [6.07, 6.45) is 1.27. The van der Waals surface area contributed by atoms with E-state index in [9.17, 15) is 0 Å². The van der Waals surface area contributed by atoms with Crippen molar-refractivity contribution < 1.29 is 4.74 Å². The lowest BCUT2D eigenvalue weighted by molar-refractivity contribution is 0.227. The average Bonchev–Trinajstić information content (AvgIpc) is 2.33. The van der Waals surface area contributed by atoms with Crippen LogP contribution in [0.3, 0.4) is 0 Å². The number of pyridine rings is 1. The molecule has 2 rings (SSSR count). The largest absolute Gasteiger partial charge is 0.482 e. The minimum atomic E-state index is -0.334. The van der Waals surface area contributed by atoms with E-state index in [-0.39, 0.29) is 6.10 Å². The number of rotatable bonds is 3. The molecule has 0 fully saturated rings. The third-order valence-corrected chi connectivity index (χ3v) is 3.65. The van der Waals surface area contributed by atoms with Gasteiger partial charge >= 0.3 is 0 Å². The third-order valence-electron chi connectivity index (χ3n) is 2.56. The molecule has 0 radical (unpaired) electrons. The van der Waals surface area contributed by atoms with Crippen LogP contribution in [0.5, 0.6) is 5.75 Å². The number of halogens is 3. The standard InChI is InChI=1S/C13H11BrCl2N2O/c1-7(12-9(15)3-2-4-10(12)16)19-11-5-8(14)6-18-13(11)17/h2-7H,1H3,(H2,17,18). The first kappa shape index (κ1) is 14.4. The van der Waals surface area contributed by atoms with Crippen LogP contribution in [0, 0.1) is 0 Å². The number of ether oxygens (including phenoxy) is 1. The van der Waals surface area contributed by atoms with Gasteiger partial charge in [-0.1, -0.05) is 29.3 Å². The first-order valence-corrected chi connectivity index (χ1v) is 7.05. The van der Waals surface area contributed by atoms with Crippen molar-refractivity contribution in [3.05, 3.63) is 50.5 Å². The smallest absolute Gasteiger partial charge is 0.166 e. The van der Waals surface area contributed by atoms with Crippen LogP contribution >= 0.6 is 39.1 Å². The van der Waals surface area contributed by atoms with Crippen LogP contribution in [-0.4, -0.2) is 4.98 Å². The maximum Gasteiger partial charge on any atom is 0.166 e. The number of aromatic nitrogens is 1. The summed E-state index contributed by atoms with van der Waals surface area (Å²) in [6, 6.07) is 7.08. The summed E-state index contributed by atoms with van der Waals surface area (Å²) in [5.41, 5.74) is 6.50. The van der Waals surface area contributed by atoms with Crippen molar-refractivity contribution in [2.75, 3.05) is 5.73 Å². The molecule has 0 aliphatic carbocycles. The van der Waals surface area contributed by atoms with Gasteiger partial charge in [0, 0.05) is 26.3 Å². The fraction of sp³-hybridized carbons (Fsp3) is 0.154. The zero-order valence-corrected chi connectivity index (χ0v) is 13.1. The zero-order chi connectivity index (χ0) is 14.0. The highest BCUT2D eigenvalue weighted by molar-refractivity contribution is 9.10. The molecule has 2 aromatic rings. The monoisotopic (exact) mass is 360 g/mol. The summed E-state index contributed by atoms with van der Waals surface area (Å²) in [5, 5.41) is 1.11. The molecule has 1 aromatic heterocycles. The predicted molar refractivity (Wildman–Crippen MR) is 81.9 cm³/mol. The molecule has 1 heterocycles. The van der Waals surface area contributed by atoms with E-state index < -0.39 is 0 Å². The summed E-state index contributed by atoms with van der Waals surface area (Å²) in [7, 11) is 0. The molecule has 1 unspecified atom stereocenters. The maximum absolute atomic E-state index is 6.14. The number of hydrogen-bond donors (Lipinski definition) is 1. The van der Waals surface area contributed by atoms with E-state index in [1.807, 2.05) is 6.92 Å². The average molecular weight is 362 g/mol. The molecule has 0 aliphatic rings. The molecule has 0 bridgehead atoms. The number of nitrogen functional groups attached to an aromatic ring is 1. The summed E-state index contributed by atoms with van der Waals surface area (Å²) in [5.74, 6) is 0.802. The summed E-state index contributed by atoms with van der Waals surface area (Å²) in [4.78, 5) is 4.01. The lowest BCUT2D eigenvalue weighted by Gasteiger charge is -2.18. The Balaban J connectivity index is 2.31. The first-order valence-electron chi connectivity index (χ1n) is 5.50. The van der Waals surface area contributed by atoms with E-state index in [1.54, 1.807) is 30.5 Å². The normalized spacial score (nSPS) is 12.2. The Morgan fingerprint density at radius 2 is 1.95 bits per heavy atom. The van der Waals surface area contributed by atoms with Gasteiger partial charge in [-0.2, -0.15) is 0 Å². The number of nitrogens with two attached hydrogens (primary N) is 1. The molecule has 3 nitrogen and oxygen atoms in total. The van der Waals surface area contributed by atoms with Crippen LogP contribution in [0.15, 0.2) is 34.9 Å². The number of nitrogens with zero attached hydrogens (tertiary/aromatic N) is 1. The maximum atomic E-state index is 6.14. The van der Waals surface area contributed by atoms with E-state index >= 15 is 0 Å². The quantitative estimate of drug-likeness (QED) is 0.847. The molecule has 100 valence electrons. The van der Waals surface area contributed by atoms with Crippen molar-refractivity contribution >= 4 is 44.9 Å². The zero-order valence-electron chi connectivity index (χ0n) is 10.0. The van der Waals surface area contributed by atoms with Gasteiger partial charge in [-0.05, 0) is 41.1 Å². The lowest BCUT2D eigenvalue weighted by atomic mass is 10.1. The summed E-state index contributed by atoms with van der Waals surface area (Å²) >= 11 is 15.6. The van der Waals surface area contributed by atoms with Crippen molar-refractivity contribution in [3.8, 4) is 5.75 Å². The number of anilines is 1. The minimum absolute atomic E-state index is 0.318. The van der Waals surface area contributed by atoms with Gasteiger partial charge in [0.05, 0.1) is 0 Å². The van der Waals surface area contributed by atoms with Gasteiger partial charge in [-0.15, -0.1) is 0 Å². The van der Waals surface area contributed by atoms with Crippen LogP contribution in [0.1, 0.15) is 18.6 Å². The predicted octanol–water partition coefficient (Wildman–Crippen LogP) is 4.87. The lowest BCUT2D eigenvalue weighted by Crippen LogP contribution is -2.07. The Kier molecular flexibility index (Phi) is 4.55. The van der Waals surface area contributed by atoms with Gasteiger partial charge in [-0.3, -0.25) is 0 Å². The fourth-order valence-electron chi connectivity index (χ4n) is 1.67. The molecular weight excluding hydrogens is 351 g/mol. The van der Waals surface area contributed by atoms with Gasteiger partial charge in [0.25, 0.3) is 0 Å². The molecule has 2 N–H and O–H groups in total. The molecule has 6 heteroatoms. The Morgan fingerprint density at radius 1 is 1.32 bits per heavy atom. The van der Waals surface area contributed by atoms with Crippen LogP contribution < -0.4 is 10.5 Å². The Labute approximate surface area is 129 Å². The van der Waals surface area contributed by atoms with Crippen LogP contribution in [0.25, 0.3) is 0 Å². The summed E-state index contributed by atoms with van der Waals surface area (Å²) in [6.45, 7) is 1.85. The topological polar surface area (TPSA) is 48.1 Å². The van der Waals surface area contributed by atoms with E-state index in [0.717, 1.165) is 10.0 Å². The Morgan fingerprint density at radius 3 is 2.58 bits per heavy atom. The van der Waals surface area contributed by atoms with Crippen LogP contribution in [0.4, 0.5) is 5.82 Å². The van der Waals surface area contributed by atoms with E-state index in [0.29, 0.717) is 21.6 Å². The molecule has 0 amide bonds. The van der Waals surface area contributed by atoms with Crippen molar-refractivity contribution in [1.82, 2.24) is 4.98 Å². The van der Waals surface area contributed by atoms with Crippen molar-refractivity contribution in [3.63, 3.8) is 0 Å². The second-order valence-electron chi connectivity index (χ2n) is 3.93. The van der Waals surface area contributed by atoms with E-state index in [2.05, 4.69) is 20.9 Å². The minimum Gasteiger partial charge on any atom is -0.482 e. The SMILES string of the molecule is CC(Oc1cc(Br)cnc1N)c1c(Cl)cccc1Cl. The third kappa shape index (κ3) is 3.32. The summed E-state index contributed by atoms with van der Waals surface area (Å²) < 4.78 is 6.57. The molecule has 0 spiro atoms. The van der Waals surface area contributed by atoms with Crippen LogP contribution in [0.2, 0.25) is 10.0 Å². The second kappa shape index (κ2) is 5.99. The van der Waals surface area contributed by atoms with Crippen molar-refractivity contribution in [2.24, 2.45) is 0 Å². The molecule has 0 saturated heterocycles. The van der Waals surface area contributed by atoms with Crippen molar-refractivity contribution in [1.29, 1.82) is 0 Å².